The van der Waals surface area contributed by atoms with Gasteiger partial charge in [-0.15, -0.1) is 0 Å². The van der Waals surface area contributed by atoms with Crippen LogP contribution in [0.4, 0.5) is 5.82 Å². The first-order valence-electron chi connectivity index (χ1n) is 8.02. The van der Waals surface area contributed by atoms with Gasteiger partial charge in [-0.2, -0.15) is 0 Å². The molecule has 5 N–H and O–H groups in total. The van der Waals surface area contributed by atoms with Gasteiger partial charge in [0.25, 0.3) is 0 Å². The minimum Gasteiger partial charge on any atom is -0.493 e. The molecule has 2 aromatic carbocycles. The highest BCUT2D eigenvalue weighted by Crippen LogP contribution is 2.40. The molecule has 0 aliphatic carbocycles. The van der Waals surface area contributed by atoms with Crippen molar-refractivity contribution in [1.29, 1.82) is 0 Å². The molecule has 136 valence electrons. The van der Waals surface area contributed by atoms with E-state index < -0.39 is 0 Å². The van der Waals surface area contributed by atoms with Crippen molar-refractivity contribution >= 4 is 16.6 Å². The van der Waals surface area contributed by atoms with E-state index in [2.05, 4.69) is 10.4 Å². The third kappa shape index (κ3) is 3.03. The number of benzene rings is 2. The van der Waals surface area contributed by atoms with Crippen molar-refractivity contribution in [3.63, 3.8) is 0 Å². The number of aromatic nitrogens is 1. The quantitative estimate of drug-likeness (QED) is 0.396. The summed E-state index contributed by atoms with van der Waals surface area (Å²) in [6.07, 6.45) is 1.63. The fourth-order valence-corrected chi connectivity index (χ4v) is 3.14. The van der Waals surface area contributed by atoms with E-state index in [4.69, 9.17) is 15.3 Å². The first-order valence-corrected chi connectivity index (χ1v) is 8.02. The largest absolute Gasteiger partial charge is 0.493 e. The third-order valence-electron chi connectivity index (χ3n) is 4.37. The maximum absolute atomic E-state index is 9.98. The van der Waals surface area contributed by atoms with Crippen LogP contribution < -0.4 is 20.7 Å². The highest BCUT2D eigenvalue weighted by Gasteiger charge is 2.17. The SMILES string of the molecule is COc1cc2cc(CO)c(CO)c(-c3ccnc(NN)c3)c2cc1OC. The fraction of sp³-hybridized carbons (Fsp3) is 0.211. The Kier molecular flexibility index (Phi) is 5.22. The molecule has 0 fully saturated rings. The van der Waals surface area contributed by atoms with Crippen LogP contribution in [0.25, 0.3) is 21.9 Å². The topological polar surface area (TPSA) is 110 Å². The summed E-state index contributed by atoms with van der Waals surface area (Å²) in [6.45, 7) is -0.413. The smallest absolute Gasteiger partial charge is 0.161 e. The number of hydrogen-bond donors (Lipinski definition) is 4. The van der Waals surface area contributed by atoms with Crippen LogP contribution in [-0.2, 0) is 13.2 Å². The lowest BCUT2D eigenvalue weighted by atomic mass is 9.90. The van der Waals surface area contributed by atoms with E-state index in [0.717, 1.165) is 21.9 Å². The second kappa shape index (κ2) is 7.57. The Morgan fingerprint density at radius 2 is 1.77 bits per heavy atom. The van der Waals surface area contributed by atoms with Gasteiger partial charge in [-0.05, 0) is 63.4 Å². The van der Waals surface area contributed by atoms with E-state index in [1.807, 2.05) is 24.3 Å². The van der Waals surface area contributed by atoms with Crippen molar-refractivity contribution < 1.29 is 19.7 Å². The van der Waals surface area contributed by atoms with Gasteiger partial charge in [0.1, 0.15) is 5.82 Å². The Hall–Kier alpha value is -2.87. The summed E-state index contributed by atoms with van der Waals surface area (Å²) in [5.41, 5.74) is 5.40. The number of rotatable bonds is 6. The Labute approximate surface area is 151 Å². The van der Waals surface area contributed by atoms with Gasteiger partial charge in [0.2, 0.25) is 0 Å². The molecule has 0 saturated heterocycles. The molecule has 3 rings (SSSR count). The van der Waals surface area contributed by atoms with E-state index in [1.54, 1.807) is 26.5 Å². The Bertz CT molecular complexity index is 938. The monoisotopic (exact) mass is 355 g/mol. The number of nitrogens with one attached hydrogen (secondary N) is 1. The molecule has 0 spiro atoms. The van der Waals surface area contributed by atoms with Gasteiger partial charge in [-0.1, -0.05) is 0 Å². The third-order valence-corrected chi connectivity index (χ3v) is 4.37. The molecular weight excluding hydrogens is 334 g/mol. The molecule has 0 aliphatic heterocycles. The zero-order chi connectivity index (χ0) is 18.7. The number of hydrogen-bond acceptors (Lipinski definition) is 7. The number of aliphatic hydroxyl groups is 2. The molecule has 0 unspecified atom stereocenters. The fourth-order valence-electron chi connectivity index (χ4n) is 3.14. The number of anilines is 1. The first-order chi connectivity index (χ1) is 12.7. The minimum atomic E-state index is -0.219. The number of nitrogen functional groups attached to an aromatic ring is 1. The molecule has 26 heavy (non-hydrogen) atoms. The summed E-state index contributed by atoms with van der Waals surface area (Å²) >= 11 is 0. The van der Waals surface area contributed by atoms with Crippen molar-refractivity contribution in [1.82, 2.24) is 4.98 Å². The number of pyridine rings is 1. The summed E-state index contributed by atoms with van der Waals surface area (Å²) in [4.78, 5) is 4.13. The minimum absolute atomic E-state index is 0.194. The van der Waals surface area contributed by atoms with Crippen LogP contribution in [0.5, 0.6) is 11.5 Å². The van der Waals surface area contributed by atoms with Crippen LogP contribution in [-0.4, -0.2) is 29.4 Å². The lowest BCUT2D eigenvalue weighted by Crippen LogP contribution is -2.08. The van der Waals surface area contributed by atoms with Crippen LogP contribution in [0.15, 0.2) is 36.5 Å². The van der Waals surface area contributed by atoms with E-state index >= 15 is 0 Å². The average molecular weight is 355 g/mol. The van der Waals surface area contributed by atoms with E-state index in [-0.39, 0.29) is 13.2 Å². The van der Waals surface area contributed by atoms with Gasteiger partial charge >= 0.3 is 0 Å². The number of nitrogens with two attached hydrogens (primary N) is 1. The van der Waals surface area contributed by atoms with Gasteiger partial charge in [-0.3, -0.25) is 0 Å². The number of methoxy groups -OCH3 is 2. The van der Waals surface area contributed by atoms with Crippen molar-refractivity contribution in [2.45, 2.75) is 13.2 Å². The van der Waals surface area contributed by atoms with E-state index in [9.17, 15) is 10.2 Å². The molecule has 0 radical (unpaired) electrons. The van der Waals surface area contributed by atoms with Gasteiger partial charge in [0.05, 0.1) is 27.4 Å². The van der Waals surface area contributed by atoms with Gasteiger partial charge in [-0.25, -0.2) is 10.8 Å². The number of fused-ring (bicyclic) bond motifs is 1. The zero-order valence-corrected chi connectivity index (χ0v) is 14.6. The normalized spacial score (nSPS) is 10.8. The maximum atomic E-state index is 9.98. The van der Waals surface area contributed by atoms with Crippen molar-refractivity contribution in [2.24, 2.45) is 5.84 Å². The Morgan fingerprint density at radius 1 is 1.04 bits per heavy atom. The summed E-state index contributed by atoms with van der Waals surface area (Å²) in [5.74, 6) is 7.14. The van der Waals surface area contributed by atoms with Crippen LogP contribution >= 0.6 is 0 Å². The molecule has 0 amide bonds. The first kappa shape index (κ1) is 17.9. The number of aliphatic hydroxyl groups excluding tert-OH is 2. The number of ether oxygens (including phenoxy) is 2. The van der Waals surface area contributed by atoms with Gasteiger partial charge in [0, 0.05) is 6.20 Å². The van der Waals surface area contributed by atoms with Crippen molar-refractivity contribution in [2.75, 3.05) is 19.6 Å². The summed E-state index contributed by atoms with van der Waals surface area (Å²) in [6, 6.07) is 9.16. The molecular formula is C19H21N3O4. The highest BCUT2D eigenvalue weighted by molar-refractivity contribution is 6.01. The molecule has 1 heterocycles. The van der Waals surface area contributed by atoms with Crippen molar-refractivity contribution in [3.8, 4) is 22.6 Å². The molecule has 0 atom stereocenters. The van der Waals surface area contributed by atoms with Crippen LogP contribution in [0.2, 0.25) is 0 Å². The second-order valence-corrected chi connectivity index (χ2v) is 5.71. The standard InChI is InChI=1S/C19H21N3O4/c1-25-16-6-12-5-13(9-23)15(10-24)19(14(12)8-17(16)26-2)11-3-4-21-18(7-11)22-20/h3-8,23-24H,9-10,20H2,1-2H3,(H,21,22). The molecule has 0 saturated carbocycles. The summed E-state index contributed by atoms with van der Waals surface area (Å²) in [5, 5.41) is 21.5. The van der Waals surface area contributed by atoms with Crippen LogP contribution in [0, 0.1) is 0 Å². The predicted molar refractivity (Wildman–Crippen MR) is 99.9 cm³/mol. The molecule has 7 nitrogen and oxygen atoms in total. The maximum Gasteiger partial charge on any atom is 0.161 e. The van der Waals surface area contributed by atoms with Gasteiger partial charge < -0.3 is 25.1 Å². The van der Waals surface area contributed by atoms with Crippen LogP contribution in [0.3, 0.4) is 0 Å². The summed E-state index contributed by atoms with van der Waals surface area (Å²) < 4.78 is 10.8. The molecule has 3 aromatic rings. The molecule has 7 heteroatoms. The number of hydrazine groups is 1. The molecule has 0 aliphatic rings. The zero-order valence-electron chi connectivity index (χ0n) is 14.6. The van der Waals surface area contributed by atoms with E-state index in [0.29, 0.717) is 28.4 Å². The highest BCUT2D eigenvalue weighted by atomic mass is 16.5. The van der Waals surface area contributed by atoms with Crippen molar-refractivity contribution in [3.05, 3.63) is 47.7 Å². The summed E-state index contributed by atoms with van der Waals surface area (Å²) in [7, 11) is 3.14. The van der Waals surface area contributed by atoms with Crippen LogP contribution in [0.1, 0.15) is 11.1 Å². The average Bonchev–Trinajstić information content (AvgIpc) is 2.70. The van der Waals surface area contributed by atoms with Gasteiger partial charge in [0.15, 0.2) is 11.5 Å². The molecule has 1 aromatic heterocycles. The molecule has 0 bridgehead atoms. The van der Waals surface area contributed by atoms with E-state index in [1.165, 1.54) is 0 Å². The number of nitrogens with zero attached hydrogens (tertiary/aromatic N) is 1. The lowest BCUT2D eigenvalue weighted by Gasteiger charge is -2.18. The Morgan fingerprint density at radius 3 is 2.38 bits per heavy atom. The Balaban J connectivity index is 2.43. The lowest BCUT2D eigenvalue weighted by molar-refractivity contribution is 0.260. The predicted octanol–water partition coefficient (Wildman–Crippen LogP) is 2.19. The second-order valence-electron chi connectivity index (χ2n) is 5.71.